The molecule has 4 nitrogen and oxygen atoms in total. The summed E-state index contributed by atoms with van der Waals surface area (Å²) in [5, 5.41) is 0. The smallest absolute Gasteiger partial charge is 0.309 e. The minimum Gasteiger partial charge on any atom is -0.463 e. The third kappa shape index (κ3) is 3.19. The van der Waals surface area contributed by atoms with Crippen LogP contribution in [-0.4, -0.2) is 32.3 Å². The Labute approximate surface area is 104 Å². The van der Waals surface area contributed by atoms with E-state index < -0.39 is 0 Å². The fourth-order valence-electron chi connectivity index (χ4n) is 2.60. The van der Waals surface area contributed by atoms with Crippen molar-refractivity contribution < 1.29 is 14.3 Å². The highest BCUT2D eigenvalue weighted by Crippen LogP contribution is 2.44. The first-order chi connectivity index (χ1) is 7.91. The monoisotopic (exact) mass is 243 g/mol. The van der Waals surface area contributed by atoms with E-state index >= 15 is 0 Å². The van der Waals surface area contributed by atoms with E-state index in [2.05, 4.69) is 20.8 Å². The molecule has 1 saturated carbocycles. The first-order valence-electron chi connectivity index (χ1n) is 6.32. The topological polar surface area (TPSA) is 61.5 Å². The van der Waals surface area contributed by atoms with Gasteiger partial charge in [0.1, 0.15) is 6.61 Å². The van der Waals surface area contributed by atoms with Crippen LogP contribution in [0.1, 0.15) is 33.6 Å². The quantitative estimate of drug-likeness (QED) is 0.601. The van der Waals surface area contributed by atoms with Crippen LogP contribution in [0.5, 0.6) is 0 Å². The lowest BCUT2D eigenvalue weighted by molar-refractivity contribution is -0.158. The zero-order chi connectivity index (χ0) is 13.1. The van der Waals surface area contributed by atoms with E-state index in [1.807, 2.05) is 0 Å². The van der Waals surface area contributed by atoms with Crippen molar-refractivity contribution in [2.24, 2.45) is 23.0 Å². The van der Waals surface area contributed by atoms with Crippen molar-refractivity contribution in [3.8, 4) is 0 Å². The van der Waals surface area contributed by atoms with Crippen LogP contribution in [-0.2, 0) is 14.3 Å². The van der Waals surface area contributed by atoms with E-state index in [0.29, 0.717) is 19.1 Å². The van der Waals surface area contributed by atoms with Gasteiger partial charge < -0.3 is 15.2 Å². The molecule has 3 atom stereocenters. The summed E-state index contributed by atoms with van der Waals surface area (Å²) in [6.45, 7) is 7.13. The molecule has 0 bridgehead atoms. The molecular weight excluding hydrogens is 218 g/mol. The van der Waals surface area contributed by atoms with Gasteiger partial charge in [-0.15, -0.1) is 0 Å². The Balaban J connectivity index is 2.60. The summed E-state index contributed by atoms with van der Waals surface area (Å²) >= 11 is 0. The number of nitrogens with two attached hydrogens (primary N) is 1. The molecule has 1 rings (SSSR count). The minimum atomic E-state index is -0.106. The molecule has 0 aromatic heterocycles. The van der Waals surface area contributed by atoms with Crippen LogP contribution in [0.4, 0.5) is 0 Å². The second-order valence-corrected chi connectivity index (χ2v) is 5.56. The number of carbonyl (C=O) groups excluding carboxylic acids is 1. The molecule has 3 unspecified atom stereocenters. The van der Waals surface area contributed by atoms with Gasteiger partial charge in [0.25, 0.3) is 0 Å². The first-order valence-corrected chi connectivity index (χ1v) is 6.32. The molecule has 1 aliphatic rings. The summed E-state index contributed by atoms with van der Waals surface area (Å²) in [5.74, 6) is 0.177. The first kappa shape index (κ1) is 14.5. The van der Waals surface area contributed by atoms with E-state index in [-0.39, 0.29) is 23.3 Å². The van der Waals surface area contributed by atoms with Gasteiger partial charge in [-0.3, -0.25) is 4.79 Å². The molecule has 0 amide bonds. The number of hydrogen-bond acceptors (Lipinski definition) is 4. The van der Waals surface area contributed by atoms with Crippen molar-refractivity contribution in [3.05, 3.63) is 0 Å². The summed E-state index contributed by atoms with van der Waals surface area (Å²) in [4.78, 5) is 12.0. The number of carbonyl (C=O) groups is 1. The van der Waals surface area contributed by atoms with Gasteiger partial charge in [0, 0.05) is 13.2 Å². The van der Waals surface area contributed by atoms with E-state index in [0.717, 1.165) is 12.8 Å². The third-order valence-corrected chi connectivity index (χ3v) is 4.32. The van der Waals surface area contributed by atoms with Gasteiger partial charge in [-0.25, -0.2) is 0 Å². The summed E-state index contributed by atoms with van der Waals surface area (Å²) in [7, 11) is 1.60. The summed E-state index contributed by atoms with van der Waals surface area (Å²) < 4.78 is 10.1. The van der Waals surface area contributed by atoms with E-state index in [9.17, 15) is 4.79 Å². The number of ether oxygens (including phenoxy) is 2. The SMILES string of the molecule is COCCOC(=O)C1CCC(N)C(C)C1(C)C. The molecule has 0 aromatic rings. The van der Waals surface area contributed by atoms with Crippen molar-refractivity contribution >= 4 is 5.97 Å². The highest BCUT2D eigenvalue weighted by Gasteiger charge is 2.45. The molecule has 2 N–H and O–H groups in total. The lowest BCUT2D eigenvalue weighted by Crippen LogP contribution is -2.49. The van der Waals surface area contributed by atoms with Crippen molar-refractivity contribution in [1.29, 1.82) is 0 Å². The number of rotatable bonds is 4. The summed E-state index contributed by atoms with van der Waals surface area (Å²) in [6.07, 6.45) is 1.72. The predicted octanol–water partition coefficient (Wildman–Crippen LogP) is 1.58. The number of methoxy groups -OCH3 is 1. The molecule has 1 fully saturated rings. The fourth-order valence-corrected chi connectivity index (χ4v) is 2.60. The maximum Gasteiger partial charge on any atom is 0.309 e. The Bertz CT molecular complexity index is 265. The average Bonchev–Trinajstić information content (AvgIpc) is 2.26. The average molecular weight is 243 g/mol. The second kappa shape index (κ2) is 5.83. The van der Waals surface area contributed by atoms with Crippen LogP contribution in [0, 0.1) is 17.3 Å². The zero-order valence-corrected chi connectivity index (χ0v) is 11.4. The molecular formula is C13H25NO3. The maximum atomic E-state index is 12.0. The van der Waals surface area contributed by atoms with E-state index in [1.165, 1.54) is 0 Å². The minimum absolute atomic E-state index is 0.0471. The molecule has 17 heavy (non-hydrogen) atoms. The molecule has 0 radical (unpaired) electrons. The molecule has 0 heterocycles. The van der Waals surface area contributed by atoms with Crippen LogP contribution in [0.2, 0.25) is 0 Å². The number of hydrogen-bond donors (Lipinski definition) is 1. The van der Waals surface area contributed by atoms with Crippen molar-refractivity contribution in [2.45, 2.75) is 39.7 Å². The fraction of sp³-hybridized carbons (Fsp3) is 0.923. The highest BCUT2D eigenvalue weighted by atomic mass is 16.6. The Morgan fingerprint density at radius 2 is 2.00 bits per heavy atom. The molecule has 0 spiro atoms. The van der Waals surface area contributed by atoms with Crippen molar-refractivity contribution in [1.82, 2.24) is 0 Å². The Morgan fingerprint density at radius 3 is 2.59 bits per heavy atom. The Hall–Kier alpha value is -0.610. The van der Waals surface area contributed by atoms with Gasteiger partial charge in [-0.05, 0) is 24.2 Å². The molecule has 0 aromatic carbocycles. The van der Waals surface area contributed by atoms with Gasteiger partial charge in [0.05, 0.1) is 12.5 Å². The van der Waals surface area contributed by atoms with Gasteiger partial charge in [0.2, 0.25) is 0 Å². The molecule has 0 aliphatic heterocycles. The van der Waals surface area contributed by atoms with Crippen molar-refractivity contribution in [2.75, 3.05) is 20.3 Å². The third-order valence-electron chi connectivity index (χ3n) is 4.32. The van der Waals surface area contributed by atoms with Gasteiger partial charge in [-0.1, -0.05) is 20.8 Å². The molecule has 100 valence electrons. The van der Waals surface area contributed by atoms with Crippen LogP contribution in [0.3, 0.4) is 0 Å². The van der Waals surface area contributed by atoms with E-state index in [1.54, 1.807) is 7.11 Å². The zero-order valence-electron chi connectivity index (χ0n) is 11.4. The normalized spacial score (nSPS) is 32.2. The standard InChI is InChI=1S/C13H25NO3/c1-9-11(14)6-5-10(13(9,2)3)12(15)17-8-7-16-4/h9-11H,5-8,14H2,1-4H3. The largest absolute Gasteiger partial charge is 0.463 e. The Morgan fingerprint density at radius 1 is 1.35 bits per heavy atom. The number of esters is 1. The van der Waals surface area contributed by atoms with Gasteiger partial charge in [-0.2, -0.15) is 0 Å². The Kier molecular flexibility index (Phi) is 4.95. The van der Waals surface area contributed by atoms with Crippen LogP contribution < -0.4 is 5.73 Å². The predicted molar refractivity (Wildman–Crippen MR) is 66.5 cm³/mol. The van der Waals surface area contributed by atoms with Gasteiger partial charge >= 0.3 is 5.97 Å². The second-order valence-electron chi connectivity index (χ2n) is 5.56. The van der Waals surface area contributed by atoms with E-state index in [4.69, 9.17) is 15.2 Å². The van der Waals surface area contributed by atoms with Crippen LogP contribution >= 0.6 is 0 Å². The van der Waals surface area contributed by atoms with Crippen molar-refractivity contribution in [3.63, 3.8) is 0 Å². The molecule has 1 aliphatic carbocycles. The van der Waals surface area contributed by atoms with Crippen LogP contribution in [0.25, 0.3) is 0 Å². The lowest BCUT2D eigenvalue weighted by Gasteiger charge is -2.45. The van der Waals surface area contributed by atoms with Crippen LogP contribution in [0.15, 0.2) is 0 Å². The molecule has 4 heteroatoms. The summed E-state index contributed by atoms with van der Waals surface area (Å²) in [5.41, 5.74) is 5.97. The maximum absolute atomic E-state index is 12.0. The molecule has 0 saturated heterocycles. The highest BCUT2D eigenvalue weighted by molar-refractivity contribution is 5.73. The summed E-state index contributed by atoms with van der Waals surface area (Å²) in [6, 6.07) is 0.188. The van der Waals surface area contributed by atoms with Gasteiger partial charge in [0.15, 0.2) is 0 Å². The lowest BCUT2D eigenvalue weighted by atomic mass is 9.61.